The van der Waals surface area contributed by atoms with Crippen LogP contribution >= 0.6 is 11.8 Å². The van der Waals surface area contributed by atoms with E-state index in [-0.39, 0.29) is 17.9 Å². The number of aromatic nitrogens is 2. The second kappa shape index (κ2) is 8.66. The SMILES string of the molecule is COC(=O)[C@@H](CCSC)NC(=O)Cc1nn(C)c(=O)c2ccccc12. The first-order valence-corrected chi connectivity index (χ1v) is 9.18. The molecule has 0 spiro atoms. The van der Waals surface area contributed by atoms with E-state index in [1.54, 1.807) is 43.1 Å². The van der Waals surface area contributed by atoms with Crippen LogP contribution in [0.15, 0.2) is 29.1 Å². The normalized spacial score (nSPS) is 12.0. The Balaban J connectivity index is 2.22. The maximum absolute atomic E-state index is 12.4. The summed E-state index contributed by atoms with van der Waals surface area (Å²) in [5.41, 5.74) is 0.274. The number of rotatable bonds is 7. The third-order valence-electron chi connectivity index (χ3n) is 3.79. The molecule has 0 radical (unpaired) electrons. The fraction of sp³-hybridized carbons (Fsp3) is 0.412. The average Bonchev–Trinajstić information content (AvgIpc) is 2.62. The van der Waals surface area contributed by atoms with E-state index in [1.807, 2.05) is 6.26 Å². The van der Waals surface area contributed by atoms with Gasteiger partial charge in [-0.2, -0.15) is 16.9 Å². The van der Waals surface area contributed by atoms with Gasteiger partial charge in [0.05, 0.1) is 24.6 Å². The molecule has 2 aromatic rings. The van der Waals surface area contributed by atoms with Crippen LogP contribution in [0.25, 0.3) is 10.8 Å². The van der Waals surface area contributed by atoms with Gasteiger partial charge in [-0.1, -0.05) is 18.2 Å². The standard InChI is InChI=1S/C17H21N3O4S/c1-20-16(22)12-7-5-4-6-11(12)14(19-20)10-15(21)18-13(8-9-25-3)17(23)24-2/h4-7,13H,8-10H2,1-3H3,(H,18,21)/t13-/m1/s1. The molecule has 0 unspecified atom stereocenters. The number of carbonyl (C=O) groups excluding carboxylic acids is 2. The number of methoxy groups -OCH3 is 1. The number of nitrogens with zero attached hydrogens (tertiary/aromatic N) is 2. The van der Waals surface area contributed by atoms with E-state index in [4.69, 9.17) is 4.74 Å². The Morgan fingerprint density at radius 3 is 2.64 bits per heavy atom. The molecule has 0 saturated heterocycles. The van der Waals surface area contributed by atoms with Crippen molar-refractivity contribution in [2.45, 2.75) is 18.9 Å². The Morgan fingerprint density at radius 1 is 1.32 bits per heavy atom. The largest absolute Gasteiger partial charge is 0.467 e. The average molecular weight is 363 g/mol. The summed E-state index contributed by atoms with van der Waals surface area (Å²) in [6.45, 7) is 0. The fourth-order valence-electron chi connectivity index (χ4n) is 2.53. The molecule has 1 atom stereocenters. The fourth-order valence-corrected chi connectivity index (χ4v) is 3.00. The molecule has 1 heterocycles. The topological polar surface area (TPSA) is 90.3 Å². The van der Waals surface area contributed by atoms with Crippen LogP contribution in [0.1, 0.15) is 12.1 Å². The Morgan fingerprint density at radius 2 is 2.00 bits per heavy atom. The van der Waals surface area contributed by atoms with Gasteiger partial charge in [0.25, 0.3) is 5.56 Å². The van der Waals surface area contributed by atoms with Gasteiger partial charge < -0.3 is 10.1 Å². The van der Waals surface area contributed by atoms with Crippen molar-refractivity contribution in [3.63, 3.8) is 0 Å². The van der Waals surface area contributed by atoms with Crippen LogP contribution in [-0.4, -0.2) is 46.8 Å². The minimum atomic E-state index is -0.691. The third-order valence-corrected chi connectivity index (χ3v) is 4.44. The van der Waals surface area contributed by atoms with Gasteiger partial charge in [0.1, 0.15) is 6.04 Å². The molecule has 1 N–H and O–H groups in total. The Hall–Kier alpha value is -2.35. The van der Waals surface area contributed by atoms with Gasteiger partial charge in [0.15, 0.2) is 0 Å². The first-order valence-electron chi connectivity index (χ1n) is 7.79. The van der Waals surface area contributed by atoms with E-state index in [0.29, 0.717) is 22.9 Å². The second-order valence-corrected chi connectivity index (χ2v) is 6.51. The third kappa shape index (κ3) is 4.60. The van der Waals surface area contributed by atoms with Crippen molar-refractivity contribution in [1.29, 1.82) is 0 Å². The van der Waals surface area contributed by atoms with Crippen molar-refractivity contribution in [3.05, 3.63) is 40.3 Å². The number of aryl methyl sites for hydroxylation is 1. The number of thioether (sulfide) groups is 1. The molecule has 7 nitrogen and oxygen atoms in total. The van der Waals surface area contributed by atoms with Crippen LogP contribution < -0.4 is 10.9 Å². The summed E-state index contributed by atoms with van der Waals surface area (Å²) < 4.78 is 5.96. The molecule has 134 valence electrons. The molecule has 1 aromatic carbocycles. The van der Waals surface area contributed by atoms with E-state index in [2.05, 4.69) is 10.4 Å². The van der Waals surface area contributed by atoms with Crippen molar-refractivity contribution in [1.82, 2.24) is 15.1 Å². The van der Waals surface area contributed by atoms with Gasteiger partial charge in [-0.3, -0.25) is 9.59 Å². The van der Waals surface area contributed by atoms with Crippen LogP contribution in [0.2, 0.25) is 0 Å². The van der Waals surface area contributed by atoms with Crippen molar-refractivity contribution in [2.75, 3.05) is 19.1 Å². The van der Waals surface area contributed by atoms with E-state index in [1.165, 1.54) is 11.8 Å². The first-order chi connectivity index (χ1) is 12.0. The summed E-state index contributed by atoms with van der Waals surface area (Å²) in [5.74, 6) is -0.0883. The predicted octanol–water partition coefficient (Wildman–Crippen LogP) is 0.887. The van der Waals surface area contributed by atoms with Gasteiger partial charge in [0, 0.05) is 12.4 Å². The summed E-state index contributed by atoms with van der Waals surface area (Å²) >= 11 is 1.58. The van der Waals surface area contributed by atoms with Crippen LogP contribution in [0.3, 0.4) is 0 Å². The highest BCUT2D eigenvalue weighted by molar-refractivity contribution is 7.98. The second-order valence-electron chi connectivity index (χ2n) is 5.52. The molecule has 8 heteroatoms. The quantitative estimate of drug-likeness (QED) is 0.735. The maximum Gasteiger partial charge on any atom is 0.328 e. The Bertz CT molecular complexity index is 834. The van der Waals surface area contributed by atoms with Crippen molar-refractivity contribution >= 4 is 34.4 Å². The molecular weight excluding hydrogens is 342 g/mol. The molecule has 0 aliphatic carbocycles. The molecule has 25 heavy (non-hydrogen) atoms. The highest BCUT2D eigenvalue weighted by Crippen LogP contribution is 2.13. The molecule has 1 aromatic heterocycles. The van der Waals surface area contributed by atoms with E-state index >= 15 is 0 Å². The lowest BCUT2D eigenvalue weighted by molar-refractivity contribution is -0.145. The Kier molecular flexibility index (Phi) is 6.58. The van der Waals surface area contributed by atoms with Crippen molar-refractivity contribution < 1.29 is 14.3 Å². The molecule has 2 rings (SSSR count). The summed E-state index contributed by atoms with van der Waals surface area (Å²) in [5, 5.41) is 8.04. The van der Waals surface area contributed by atoms with Crippen molar-refractivity contribution in [3.8, 4) is 0 Å². The molecule has 0 bridgehead atoms. The molecule has 0 aliphatic rings. The van der Waals surface area contributed by atoms with Crippen molar-refractivity contribution in [2.24, 2.45) is 7.05 Å². The van der Waals surface area contributed by atoms with Crippen LogP contribution in [0.5, 0.6) is 0 Å². The number of amides is 1. The lowest BCUT2D eigenvalue weighted by Crippen LogP contribution is -2.42. The molecule has 0 aliphatic heterocycles. The Labute approximate surface area is 149 Å². The number of hydrogen-bond donors (Lipinski definition) is 1. The van der Waals surface area contributed by atoms with E-state index < -0.39 is 12.0 Å². The lowest BCUT2D eigenvalue weighted by atomic mass is 10.1. The van der Waals surface area contributed by atoms with Crippen LogP contribution in [0, 0.1) is 0 Å². The zero-order valence-electron chi connectivity index (χ0n) is 14.4. The molecule has 0 saturated carbocycles. The van der Waals surface area contributed by atoms with Gasteiger partial charge in [0.2, 0.25) is 5.91 Å². The highest BCUT2D eigenvalue weighted by Gasteiger charge is 2.22. The number of hydrogen-bond acceptors (Lipinski definition) is 6. The van der Waals surface area contributed by atoms with E-state index in [9.17, 15) is 14.4 Å². The maximum atomic E-state index is 12.4. The highest BCUT2D eigenvalue weighted by atomic mass is 32.2. The van der Waals surface area contributed by atoms with Crippen LogP contribution in [0.4, 0.5) is 0 Å². The minimum absolute atomic E-state index is 0.0264. The summed E-state index contributed by atoms with van der Waals surface area (Å²) in [6.07, 6.45) is 2.39. The lowest BCUT2D eigenvalue weighted by Gasteiger charge is -2.16. The van der Waals surface area contributed by atoms with E-state index in [0.717, 1.165) is 5.75 Å². The number of benzene rings is 1. The summed E-state index contributed by atoms with van der Waals surface area (Å²) in [4.78, 5) is 36.3. The zero-order valence-corrected chi connectivity index (χ0v) is 15.3. The number of nitrogens with one attached hydrogen (secondary N) is 1. The minimum Gasteiger partial charge on any atom is -0.467 e. The molecule has 0 fully saturated rings. The number of fused-ring (bicyclic) bond motifs is 1. The number of carbonyl (C=O) groups is 2. The monoisotopic (exact) mass is 363 g/mol. The smallest absolute Gasteiger partial charge is 0.328 e. The van der Waals surface area contributed by atoms with Gasteiger partial charge in [-0.15, -0.1) is 0 Å². The molecular formula is C17H21N3O4S. The number of ether oxygens (including phenoxy) is 1. The van der Waals surface area contributed by atoms with Gasteiger partial charge in [-0.25, -0.2) is 9.48 Å². The first kappa shape index (κ1) is 19.0. The summed E-state index contributed by atoms with van der Waals surface area (Å²) in [7, 11) is 2.84. The zero-order chi connectivity index (χ0) is 18.4. The molecule has 1 amide bonds. The van der Waals surface area contributed by atoms with Crippen LogP contribution in [-0.2, 0) is 27.8 Å². The predicted molar refractivity (Wildman–Crippen MR) is 97.6 cm³/mol. The summed E-state index contributed by atoms with van der Waals surface area (Å²) in [6, 6.07) is 6.34. The number of esters is 1. The van der Waals surface area contributed by atoms with Gasteiger partial charge in [-0.05, 0) is 24.5 Å². The van der Waals surface area contributed by atoms with Gasteiger partial charge >= 0.3 is 5.97 Å².